The smallest absolute Gasteiger partial charge is 0.342 e. The molecule has 5 nitrogen and oxygen atoms in total. The van der Waals surface area contributed by atoms with Crippen molar-refractivity contribution in [3.05, 3.63) is 51.5 Å². The van der Waals surface area contributed by atoms with Crippen molar-refractivity contribution in [1.82, 2.24) is 9.55 Å². The van der Waals surface area contributed by atoms with E-state index in [-0.39, 0.29) is 11.6 Å². The van der Waals surface area contributed by atoms with Gasteiger partial charge < -0.3 is 14.6 Å². The van der Waals surface area contributed by atoms with Crippen LogP contribution in [0.4, 0.5) is 15.9 Å². The lowest BCUT2D eigenvalue weighted by molar-refractivity contribution is 0.0462. The Balaban J connectivity index is 2.09. The molecular formula is C19H19FIN3O2. The molecule has 0 aliphatic carbocycles. The molecule has 0 saturated carbocycles. The third-order valence-corrected chi connectivity index (χ3v) is 4.55. The number of pyridine rings is 1. The number of carbonyl (C=O) groups excluding carboxylic acids is 1. The van der Waals surface area contributed by atoms with Crippen LogP contribution in [0.15, 0.2) is 36.5 Å². The molecule has 0 aliphatic rings. The van der Waals surface area contributed by atoms with Crippen molar-refractivity contribution in [2.75, 3.05) is 11.9 Å². The molecule has 7 heteroatoms. The van der Waals surface area contributed by atoms with Gasteiger partial charge in [-0.15, -0.1) is 0 Å². The van der Waals surface area contributed by atoms with E-state index in [1.807, 2.05) is 42.5 Å². The number of esters is 1. The quantitative estimate of drug-likeness (QED) is 0.430. The minimum atomic E-state index is -0.453. The second-order valence-corrected chi connectivity index (χ2v) is 7.64. The summed E-state index contributed by atoms with van der Waals surface area (Å²) in [5, 5.41) is 3.70. The molecule has 0 amide bonds. The maximum atomic E-state index is 14.3. The zero-order valence-electron chi connectivity index (χ0n) is 14.7. The van der Waals surface area contributed by atoms with Crippen LogP contribution in [0.3, 0.4) is 0 Å². The van der Waals surface area contributed by atoms with Crippen molar-refractivity contribution in [2.24, 2.45) is 13.0 Å². The predicted molar refractivity (Wildman–Crippen MR) is 108 cm³/mol. The van der Waals surface area contributed by atoms with Gasteiger partial charge in [-0.25, -0.2) is 14.2 Å². The van der Waals surface area contributed by atoms with E-state index in [0.717, 1.165) is 3.57 Å². The summed E-state index contributed by atoms with van der Waals surface area (Å²) in [7, 11) is 1.78. The second-order valence-electron chi connectivity index (χ2n) is 6.40. The minimum absolute atomic E-state index is 0.220. The summed E-state index contributed by atoms with van der Waals surface area (Å²) in [6.07, 6.45) is 1.65. The molecule has 2 heterocycles. The van der Waals surface area contributed by atoms with Gasteiger partial charge in [0.05, 0.1) is 12.3 Å². The number of benzene rings is 1. The number of aryl methyl sites for hydroxylation is 1. The first-order valence-electron chi connectivity index (χ1n) is 8.21. The average Bonchev–Trinajstić information content (AvgIpc) is 2.88. The van der Waals surface area contributed by atoms with Gasteiger partial charge in [0, 0.05) is 22.2 Å². The van der Waals surface area contributed by atoms with Crippen molar-refractivity contribution in [3.8, 4) is 0 Å². The van der Waals surface area contributed by atoms with E-state index in [1.54, 1.807) is 36.0 Å². The molecule has 0 aliphatic heterocycles. The van der Waals surface area contributed by atoms with Crippen molar-refractivity contribution >= 4 is 51.1 Å². The third-order valence-electron chi connectivity index (χ3n) is 3.88. The maximum absolute atomic E-state index is 14.3. The standard InChI is InChI=1S/C19H19FIN3O2/c1-11(2)10-26-19(25)16-13-5-4-8-22-17(13)24(3)18(16)23-15-7-6-12(21)9-14(15)20/h4-9,11,23H,10H2,1-3H3. The SMILES string of the molecule is CC(C)COC(=O)c1c(Nc2ccc(I)cc2F)n(C)c2ncccc12. The van der Waals surface area contributed by atoms with Gasteiger partial charge in [0.15, 0.2) is 0 Å². The fourth-order valence-electron chi connectivity index (χ4n) is 2.65. The fourth-order valence-corrected chi connectivity index (χ4v) is 3.10. The van der Waals surface area contributed by atoms with Gasteiger partial charge in [-0.1, -0.05) is 13.8 Å². The minimum Gasteiger partial charge on any atom is -0.462 e. The van der Waals surface area contributed by atoms with E-state index in [0.29, 0.717) is 29.0 Å². The monoisotopic (exact) mass is 467 g/mol. The molecule has 0 saturated heterocycles. The van der Waals surface area contributed by atoms with E-state index >= 15 is 0 Å². The Morgan fingerprint density at radius 3 is 2.85 bits per heavy atom. The number of ether oxygens (including phenoxy) is 1. The fraction of sp³-hybridized carbons (Fsp3) is 0.263. The topological polar surface area (TPSA) is 56.1 Å². The highest BCUT2D eigenvalue weighted by Gasteiger charge is 2.24. The molecule has 0 spiro atoms. The highest BCUT2D eigenvalue weighted by Crippen LogP contribution is 2.32. The van der Waals surface area contributed by atoms with Crippen LogP contribution in [0.2, 0.25) is 0 Å². The number of anilines is 2. The van der Waals surface area contributed by atoms with Crippen LogP contribution in [0.5, 0.6) is 0 Å². The summed E-state index contributed by atoms with van der Waals surface area (Å²) in [6.45, 7) is 4.25. The van der Waals surface area contributed by atoms with Crippen molar-refractivity contribution in [2.45, 2.75) is 13.8 Å². The molecule has 0 bridgehead atoms. The molecule has 1 N–H and O–H groups in total. The molecular weight excluding hydrogens is 448 g/mol. The van der Waals surface area contributed by atoms with Crippen molar-refractivity contribution in [1.29, 1.82) is 0 Å². The summed E-state index contributed by atoms with van der Waals surface area (Å²) < 4.78 is 22.3. The largest absolute Gasteiger partial charge is 0.462 e. The Labute approximate surface area is 164 Å². The predicted octanol–water partition coefficient (Wildman–Crippen LogP) is 4.87. The average molecular weight is 467 g/mol. The molecule has 2 aromatic heterocycles. The first-order valence-corrected chi connectivity index (χ1v) is 9.29. The lowest BCUT2D eigenvalue weighted by Crippen LogP contribution is -2.12. The van der Waals surface area contributed by atoms with Gasteiger partial charge in [-0.05, 0) is 58.8 Å². The zero-order valence-corrected chi connectivity index (χ0v) is 16.9. The van der Waals surface area contributed by atoms with Crippen LogP contribution in [0.1, 0.15) is 24.2 Å². The molecule has 0 atom stereocenters. The van der Waals surface area contributed by atoms with E-state index in [4.69, 9.17) is 4.74 Å². The van der Waals surface area contributed by atoms with Gasteiger partial charge >= 0.3 is 5.97 Å². The maximum Gasteiger partial charge on any atom is 0.342 e. The Kier molecular flexibility index (Phi) is 5.45. The number of fused-ring (bicyclic) bond motifs is 1. The zero-order chi connectivity index (χ0) is 18.8. The van der Waals surface area contributed by atoms with Crippen LogP contribution < -0.4 is 5.32 Å². The van der Waals surface area contributed by atoms with Crippen LogP contribution in [0, 0.1) is 15.3 Å². The van der Waals surface area contributed by atoms with Gasteiger partial charge in [-0.3, -0.25) is 0 Å². The van der Waals surface area contributed by atoms with Crippen LogP contribution in [-0.4, -0.2) is 22.1 Å². The molecule has 3 aromatic rings. The Bertz CT molecular complexity index is 969. The number of carbonyl (C=O) groups is 1. The normalized spacial score (nSPS) is 11.2. The lowest BCUT2D eigenvalue weighted by Gasteiger charge is -2.12. The summed E-state index contributed by atoms with van der Waals surface area (Å²) in [5.41, 5.74) is 1.26. The number of nitrogens with zero attached hydrogens (tertiary/aromatic N) is 2. The molecule has 136 valence electrons. The Morgan fingerprint density at radius 1 is 1.38 bits per heavy atom. The molecule has 0 fully saturated rings. The van der Waals surface area contributed by atoms with Gasteiger partial charge in [0.25, 0.3) is 0 Å². The molecule has 1 aromatic carbocycles. The summed E-state index contributed by atoms with van der Waals surface area (Å²) in [5.74, 6) is -0.174. The van der Waals surface area contributed by atoms with Gasteiger partial charge in [0.2, 0.25) is 0 Å². The number of hydrogen-bond acceptors (Lipinski definition) is 4. The number of halogens is 2. The Hall–Kier alpha value is -2.16. The van der Waals surface area contributed by atoms with E-state index in [9.17, 15) is 9.18 Å². The van der Waals surface area contributed by atoms with E-state index in [1.165, 1.54) is 6.07 Å². The first kappa shape index (κ1) is 18.6. The number of aromatic nitrogens is 2. The first-order chi connectivity index (χ1) is 12.4. The van der Waals surface area contributed by atoms with Gasteiger partial charge in [0.1, 0.15) is 22.8 Å². The van der Waals surface area contributed by atoms with Crippen LogP contribution in [-0.2, 0) is 11.8 Å². The number of rotatable bonds is 5. The molecule has 0 unspecified atom stereocenters. The van der Waals surface area contributed by atoms with E-state index < -0.39 is 11.8 Å². The molecule has 0 radical (unpaired) electrons. The second kappa shape index (κ2) is 7.61. The molecule has 26 heavy (non-hydrogen) atoms. The van der Waals surface area contributed by atoms with Crippen molar-refractivity contribution < 1.29 is 13.9 Å². The number of hydrogen-bond donors (Lipinski definition) is 1. The highest BCUT2D eigenvalue weighted by molar-refractivity contribution is 14.1. The third kappa shape index (κ3) is 3.67. The molecule has 3 rings (SSSR count). The van der Waals surface area contributed by atoms with Crippen LogP contribution in [0.25, 0.3) is 11.0 Å². The van der Waals surface area contributed by atoms with Crippen LogP contribution >= 0.6 is 22.6 Å². The summed E-state index contributed by atoms with van der Waals surface area (Å²) in [4.78, 5) is 17.1. The van der Waals surface area contributed by atoms with Crippen molar-refractivity contribution in [3.63, 3.8) is 0 Å². The summed E-state index contributed by atoms with van der Waals surface area (Å²) in [6, 6.07) is 8.44. The Morgan fingerprint density at radius 2 is 2.15 bits per heavy atom. The number of nitrogens with one attached hydrogen (secondary N) is 1. The highest BCUT2D eigenvalue weighted by atomic mass is 127. The van der Waals surface area contributed by atoms with E-state index in [2.05, 4.69) is 10.3 Å². The van der Waals surface area contributed by atoms with Gasteiger partial charge in [-0.2, -0.15) is 0 Å². The lowest BCUT2D eigenvalue weighted by atomic mass is 10.2. The summed E-state index contributed by atoms with van der Waals surface area (Å²) >= 11 is 2.05.